The molecule has 28 heavy (non-hydrogen) atoms. The molecule has 0 aliphatic carbocycles. The molecule has 1 aliphatic heterocycles. The summed E-state index contributed by atoms with van der Waals surface area (Å²) < 4.78 is 10.6. The normalized spacial score (nSPS) is 15.5. The maximum absolute atomic E-state index is 12.7. The molecule has 9 nitrogen and oxygen atoms in total. The van der Waals surface area contributed by atoms with E-state index in [1.807, 2.05) is 6.92 Å². The lowest BCUT2D eigenvalue weighted by Crippen LogP contribution is -2.31. The molecule has 0 saturated carbocycles. The van der Waals surface area contributed by atoms with Crippen molar-refractivity contribution in [2.75, 3.05) is 24.8 Å². The summed E-state index contributed by atoms with van der Waals surface area (Å²) in [5, 5.41) is 3.14. The second-order valence-electron chi connectivity index (χ2n) is 6.04. The van der Waals surface area contributed by atoms with Crippen molar-refractivity contribution < 1.29 is 19.1 Å². The van der Waals surface area contributed by atoms with Crippen LogP contribution in [0.2, 0.25) is 0 Å². The van der Waals surface area contributed by atoms with E-state index in [0.717, 1.165) is 5.75 Å². The molecule has 2 amide bonds. The van der Waals surface area contributed by atoms with E-state index in [1.165, 1.54) is 18.9 Å². The van der Waals surface area contributed by atoms with Gasteiger partial charge in [0, 0.05) is 12.3 Å². The van der Waals surface area contributed by atoms with Gasteiger partial charge in [-0.2, -0.15) is 0 Å². The van der Waals surface area contributed by atoms with Crippen molar-refractivity contribution in [1.29, 1.82) is 0 Å². The lowest BCUT2D eigenvalue weighted by molar-refractivity contribution is -0.120. The Hall–Kier alpha value is -3.01. The molecular weight excluding hydrogens is 384 g/mol. The average Bonchev–Trinajstić information content (AvgIpc) is 2.65. The van der Waals surface area contributed by atoms with Gasteiger partial charge in [-0.1, -0.05) is 24.8 Å². The van der Waals surface area contributed by atoms with Gasteiger partial charge in [0.1, 0.15) is 5.82 Å². The third-order valence-corrected chi connectivity index (χ3v) is 4.93. The first-order valence-electron chi connectivity index (χ1n) is 8.58. The van der Waals surface area contributed by atoms with E-state index in [-0.39, 0.29) is 30.3 Å². The molecule has 4 N–H and O–H groups in total. The third-order valence-electron chi connectivity index (χ3n) is 4.17. The van der Waals surface area contributed by atoms with Gasteiger partial charge in [-0.15, -0.1) is 0 Å². The number of carbonyl (C=O) groups is 2. The number of hydrogen-bond acceptors (Lipinski definition) is 7. The number of hydrogen-bond donors (Lipinski definition) is 3. The summed E-state index contributed by atoms with van der Waals surface area (Å²) in [4.78, 5) is 43.0. The Morgan fingerprint density at radius 3 is 2.82 bits per heavy atom. The highest BCUT2D eigenvalue weighted by molar-refractivity contribution is 7.99. The molecule has 1 aliphatic rings. The van der Waals surface area contributed by atoms with Crippen LogP contribution in [0.5, 0.6) is 11.5 Å². The monoisotopic (exact) mass is 404 g/mol. The molecule has 148 valence electrons. The standard InChI is InChI=1S/C18H20N4O5S/c1-3-28-18-21-16-15(17(25)22-18)10(7-14(24)20-16)9-4-5-11(12(6-9)26-2)27-8-13(19)23/h4-6,10H,3,7-8H2,1-2H3,(H2,19,23)(H2,20,21,22,24,25)/t10-/m0/s1. The number of aromatic nitrogens is 2. The van der Waals surface area contributed by atoms with Gasteiger partial charge < -0.3 is 25.5 Å². The van der Waals surface area contributed by atoms with Crippen molar-refractivity contribution in [1.82, 2.24) is 9.97 Å². The lowest BCUT2D eigenvalue weighted by Gasteiger charge is -2.25. The number of methoxy groups -OCH3 is 1. The molecule has 0 radical (unpaired) electrons. The second-order valence-corrected chi connectivity index (χ2v) is 7.29. The summed E-state index contributed by atoms with van der Waals surface area (Å²) in [5.74, 6) is 0.400. The number of anilines is 1. The molecule has 1 aromatic carbocycles. The fourth-order valence-corrected chi connectivity index (χ4v) is 3.60. The van der Waals surface area contributed by atoms with Crippen LogP contribution in [0.3, 0.4) is 0 Å². The molecule has 3 rings (SSSR count). The average molecular weight is 404 g/mol. The minimum atomic E-state index is -0.609. The van der Waals surface area contributed by atoms with Gasteiger partial charge in [0.15, 0.2) is 23.3 Å². The van der Waals surface area contributed by atoms with Crippen molar-refractivity contribution in [2.45, 2.75) is 24.4 Å². The molecule has 2 heterocycles. The van der Waals surface area contributed by atoms with Crippen molar-refractivity contribution in [3.63, 3.8) is 0 Å². The van der Waals surface area contributed by atoms with E-state index < -0.39 is 11.8 Å². The molecular formula is C18H20N4O5S. The highest BCUT2D eigenvalue weighted by Crippen LogP contribution is 2.38. The van der Waals surface area contributed by atoms with Crippen molar-refractivity contribution in [3.8, 4) is 11.5 Å². The molecule has 0 fully saturated rings. The molecule has 0 bridgehead atoms. The van der Waals surface area contributed by atoms with Crippen LogP contribution >= 0.6 is 11.8 Å². The molecule has 10 heteroatoms. The first kappa shape index (κ1) is 19.7. The van der Waals surface area contributed by atoms with Crippen LogP contribution in [0.1, 0.15) is 30.4 Å². The Bertz CT molecular complexity index is 975. The number of amides is 2. The van der Waals surface area contributed by atoms with Gasteiger partial charge in [-0.25, -0.2) is 4.98 Å². The summed E-state index contributed by atoms with van der Waals surface area (Å²) >= 11 is 1.38. The number of benzene rings is 1. The maximum Gasteiger partial charge on any atom is 0.257 e. The number of nitrogens with zero attached hydrogens (tertiary/aromatic N) is 1. The SMILES string of the molecule is CCSc1nc2c(c(=O)[nH]1)[C@H](c1ccc(OCC(N)=O)c(OC)c1)CC(=O)N2. The Kier molecular flexibility index (Phi) is 5.88. The predicted molar refractivity (Wildman–Crippen MR) is 104 cm³/mol. The number of ether oxygens (including phenoxy) is 2. The topological polar surface area (TPSA) is 136 Å². The van der Waals surface area contributed by atoms with E-state index in [4.69, 9.17) is 15.2 Å². The van der Waals surface area contributed by atoms with Crippen LogP contribution in [0.25, 0.3) is 0 Å². The fraction of sp³-hybridized carbons (Fsp3) is 0.333. The molecule has 2 aromatic rings. The van der Waals surface area contributed by atoms with Crippen LogP contribution in [0, 0.1) is 0 Å². The van der Waals surface area contributed by atoms with Crippen LogP contribution in [-0.2, 0) is 9.59 Å². The van der Waals surface area contributed by atoms with E-state index in [1.54, 1.807) is 18.2 Å². The van der Waals surface area contributed by atoms with Gasteiger partial charge in [-0.3, -0.25) is 14.4 Å². The number of H-pyrrole nitrogens is 1. The van der Waals surface area contributed by atoms with Crippen molar-refractivity contribution in [2.24, 2.45) is 5.73 Å². The van der Waals surface area contributed by atoms with Crippen LogP contribution in [-0.4, -0.2) is 41.3 Å². The maximum atomic E-state index is 12.7. The molecule has 1 aromatic heterocycles. The van der Waals surface area contributed by atoms with Gasteiger partial charge >= 0.3 is 0 Å². The highest BCUT2D eigenvalue weighted by Gasteiger charge is 2.31. The lowest BCUT2D eigenvalue weighted by atomic mass is 9.86. The van der Waals surface area contributed by atoms with E-state index in [0.29, 0.717) is 27.8 Å². The number of fused-ring (bicyclic) bond motifs is 1. The first-order chi connectivity index (χ1) is 13.4. The summed E-state index contributed by atoms with van der Waals surface area (Å²) in [6.45, 7) is 1.66. The number of rotatable bonds is 7. The molecule has 1 atom stereocenters. The smallest absolute Gasteiger partial charge is 0.257 e. The Balaban J connectivity index is 2.02. The van der Waals surface area contributed by atoms with Gasteiger partial charge in [-0.05, 0) is 23.4 Å². The zero-order chi connectivity index (χ0) is 20.3. The minimum Gasteiger partial charge on any atom is -0.493 e. The zero-order valence-corrected chi connectivity index (χ0v) is 16.2. The fourth-order valence-electron chi connectivity index (χ4n) is 3.01. The number of aromatic amines is 1. The largest absolute Gasteiger partial charge is 0.493 e. The molecule has 0 saturated heterocycles. The third kappa shape index (κ3) is 4.11. The highest BCUT2D eigenvalue weighted by atomic mass is 32.2. The summed E-state index contributed by atoms with van der Waals surface area (Å²) in [6, 6.07) is 5.02. The molecule has 0 spiro atoms. The van der Waals surface area contributed by atoms with E-state index in [9.17, 15) is 14.4 Å². The summed E-state index contributed by atoms with van der Waals surface area (Å²) in [6.07, 6.45) is 0.0999. The quantitative estimate of drug-likeness (QED) is 0.466. The summed E-state index contributed by atoms with van der Waals surface area (Å²) in [5.41, 5.74) is 5.90. The number of nitrogens with two attached hydrogens (primary N) is 1. The van der Waals surface area contributed by atoms with Crippen molar-refractivity contribution >= 4 is 29.4 Å². The predicted octanol–water partition coefficient (Wildman–Crippen LogP) is 1.23. The number of primary amides is 1. The van der Waals surface area contributed by atoms with E-state index in [2.05, 4.69) is 15.3 Å². The van der Waals surface area contributed by atoms with Crippen LogP contribution in [0.4, 0.5) is 5.82 Å². The minimum absolute atomic E-state index is 0.0999. The van der Waals surface area contributed by atoms with Gasteiger partial charge in [0.25, 0.3) is 11.5 Å². The zero-order valence-electron chi connectivity index (χ0n) is 15.4. The second kappa shape index (κ2) is 8.34. The van der Waals surface area contributed by atoms with Crippen LogP contribution in [0.15, 0.2) is 28.2 Å². The Morgan fingerprint density at radius 1 is 1.36 bits per heavy atom. The number of nitrogens with one attached hydrogen (secondary N) is 2. The van der Waals surface area contributed by atoms with E-state index >= 15 is 0 Å². The van der Waals surface area contributed by atoms with Gasteiger partial charge in [0.05, 0.1) is 12.7 Å². The summed E-state index contributed by atoms with van der Waals surface area (Å²) in [7, 11) is 1.46. The number of carbonyl (C=O) groups excluding carboxylic acids is 2. The Morgan fingerprint density at radius 2 is 2.14 bits per heavy atom. The van der Waals surface area contributed by atoms with Crippen molar-refractivity contribution in [3.05, 3.63) is 39.7 Å². The number of thioether (sulfide) groups is 1. The first-order valence-corrected chi connectivity index (χ1v) is 9.57. The van der Waals surface area contributed by atoms with Crippen LogP contribution < -0.4 is 26.1 Å². The van der Waals surface area contributed by atoms with Gasteiger partial charge in [0.2, 0.25) is 5.91 Å². The Labute approximate surface area is 165 Å². The molecule has 0 unspecified atom stereocenters.